The van der Waals surface area contributed by atoms with Gasteiger partial charge in [-0.3, -0.25) is 14.4 Å². The Bertz CT molecular complexity index is 992. The molecule has 2 fully saturated rings. The molecule has 9 heteroatoms. The molecule has 2 atom stereocenters. The van der Waals surface area contributed by atoms with E-state index in [0.29, 0.717) is 44.2 Å². The second kappa shape index (κ2) is 15.4. The smallest absolute Gasteiger partial charge is 0.254 e. The summed E-state index contributed by atoms with van der Waals surface area (Å²) in [6, 6.07) is 5.73. The van der Waals surface area contributed by atoms with Gasteiger partial charge in [0, 0.05) is 91.4 Å². The van der Waals surface area contributed by atoms with E-state index in [-0.39, 0.29) is 35.6 Å². The number of aryl methyl sites for hydroxylation is 1. The van der Waals surface area contributed by atoms with Crippen molar-refractivity contribution in [2.45, 2.75) is 59.4 Å². The molecule has 0 saturated carbocycles. The van der Waals surface area contributed by atoms with Gasteiger partial charge in [0.15, 0.2) is 0 Å². The van der Waals surface area contributed by atoms with E-state index in [2.05, 4.69) is 19.2 Å². The number of nitrogens with zero attached hydrogens (tertiary/aromatic N) is 3. The Morgan fingerprint density at radius 1 is 1.07 bits per heavy atom. The Labute approximate surface area is 240 Å². The predicted octanol–water partition coefficient (Wildman–Crippen LogP) is 3.20. The Hall–Kier alpha value is -2.65. The lowest BCUT2D eigenvalue weighted by Crippen LogP contribution is -2.44. The summed E-state index contributed by atoms with van der Waals surface area (Å²) in [5, 5.41) is 3.49. The van der Waals surface area contributed by atoms with Crippen LogP contribution in [0.4, 0.5) is 0 Å². The number of ether oxygens (including phenoxy) is 2. The minimum atomic E-state index is 0.00345. The lowest BCUT2D eigenvalue weighted by atomic mass is 9.91. The average Bonchev–Trinajstić information content (AvgIpc) is 3.36. The summed E-state index contributed by atoms with van der Waals surface area (Å²) >= 11 is 0. The number of rotatable bonds is 13. The van der Waals surface area contributed by atoms with Crippen LogP contribution in [0.5, 0.6) is 5.75 Å². The van der Waals surface area contributed by atoms with E-state index in [0.717, 1.165) is 56.8 Å². The van der Waals surface area contributed by atoms with Gasteiger partial charge in [-0.2, -0.15) is 0 Å². The van der Waals surface area contributed by atoms with E-state index in [9.17, 15) is 14.4 Å². The molecule has 0 aliphatic carbocycles. The Balaban J connectivity index is 1.57. The number of hydrogen-bond donors (Lipinski definition) is 1. The third-order valence-electron chi connectivity index (χ3n) is 8.44. The van der Waals surface area contributed by atoms with Gasteiger partial charge in [-0.25, -0.2) is 0 Å². The van der Waals surface area contributed by atoms with Crippen LogP contribution in [0.3, 0.4) is 0 Å². The number of likely N-dealkylation sites (tertiary alicyclic amines) is 1. The zero-order valence-electron chi connectivity index (χ0n) is 25.4. The molecular formula is C31H50N4O5. The molecule has 40 heavy (non-hydrogen) atoms. The van der Waals surface area contributed by atoms with E-state index < -0.39 is 0 Å². The zero-order chi connectivity index (χ0) is 29.2. The van der Waals surface area contributed by atoms with Gasteiger partial charge in [-0.05, 0) is 69.1 Å². The Morgan fingerprint density at radius 3 is 2.38 bits per heavy atom. The lowest BCUT2D eigenvalue weighted by Gasteiger charge is -2.34. The zero-order valence-corrected chi connectivity index (χ0v) is 25.4. The van der Waals surface area contributed by atoms with Crippen molar-refractivity contribution in [2.24, 2.45) is 17.8 Å². The number of carbonyl (C=O) groups excluding carboxylic acids is 3. The number of hydrogen-bond acceptors (Lipinski definition) is 6. The second-order valence-corrected chi connectivity index (χ2v) is 11.8. The first-order valence-corrected chi connectivity index (χ1v) is 14.8. The molecule has 3 rings (SSSR count). The van der Waals surface area contributed by atoms with Crippen LogP contribution in [-0.4, -0.2) is 105 Å². The van der Waals surface area contributed by atoms with Crippen molar-refractivity contribution in [3.05, 3.63) is 29.3 Å². The Kier molecular flexibility index (Phi) is 12.3. The van der Waals surface area contributed by atoms with E-state index >= 15 is 0 Å². The maximum Gasteiger partial charge on any atom is 0.254 e. The fourth-order valence-corrected chi connectivity index (χ4v) is 5.74. The van der Waals surface area contributed by atoms with Gasteiger partial charge in [0.1, 0.15) is 5.75 Å². The van der Waals surface area contributed by atoms with Crippen molar-refractivity contribution < 1.29 is 23.9 Å². The van der Waals surface area contributed by atoms with Crippen LogP contribution in [0.25, 0.3) is 0 Å². The topological polar surface area (TPSA) is 91.4 Å². The first-order chi connectivity index (χ1) is 19.1. The lowest BCUT2D eigenvalue weighted by molar-refractivity contribution is -0.132. The van der Waals surface area contributed by atoms with Gasteiger partial charge < -0.3 is 29.5 Å². The highest BCUT2D eigenvalue weighted by atomic mass is 16.5. The molecule has 0 unspecified atom stereocenters. The number of benzene rings is 1. The molecule has 1 N–H and O–H groups in total. The molecule has 1 aromatic carbocycles. The quantitative estimate of drug-likeness (QED) is 0.374. The summed E-state index contributed by atoms with van der Waals surface area (Å²) in [6.45, 7) is 13.3. The van der Waals surface area contributed by atoms with Crippen molar-refractivity contribution in [1.82, 2.24) is 20.0 Å². The first kappa shape index (κ1) is 31.9. The van der Waals surface area contributed by atoms with E-state index in [1.165, 1.54) is 0 Å². The highest BCUT2D eigenvalue weighted by Crippen LogP contribution is 2.26. The van der Waals surface area contributed by atoms with Gasteiger partial charge in [-0.1, -0.05) is 6.07 Å². The number of methoxy groups -OCH3 is 1. The minimum absolute atomic E-state index is 0.00345. The van der Waals surface area contributed by atoms with Crippen LogP contribution >= 0.6 is 0 Å². The van der Waals surface area contributed by atoms with E-state index in [4.69, 9.17) is 9.47 Å². The predicted molar refractivity (Wildman–Crippen MR) is 156 cm³/mol. The number of carbonyl (C=O) groups is 3. The van der Waals surface area contributed by atoms with Crippen molar-refractivity contribution in [3.8, 4) is 5.75 Å². The molecule has 224 valence electrons. The Morgan fingerprint density at radius 2 is 1.75 bits per heavy atom. The molecule has 2 heterocycles. The number of amides is 3. The summed E-state index contributed by atoms with van der Waals surface area (Å²) in [7, 11) is 3.57. The molecule has 0 radical (unpaired) electrons. The molecule has 0 bridgehead atoms. The molecule has 1 aromatic rings. The van der Waals surface area contributed by atoms with Gasteiger partial charge in [0.05, 0.1) is 6.61 Å². The highest BCUT2D eigenvalue weighted by molar-refractivity contribution is 5.95. The maximum atomic E-state index is 13.7. The summed E-state index contributed by atoms with van der Waals surface area (Å²) in [6.07, 6.45) is 3.10. The van der Waals surface area contributed by atoms with Crippen molar-refractivity contribution in [3.63, 3.8) is 0 Å². The molecule has 3 amide bonds. The van der Waals surface area contributed by atoms with Crippen LogP contribution in [0, 0.1) is 24.7 Å². The van der Waals surface area contributed by atoms with Crippen LogP contribution in [0.2, 0.25) is 0 Å². The largest absolute Gasteiger partial charge is 0.493 e. The van der Waals surface area contributed by atoms with E-state index in [1.807, 2.05) is 46.9 Å². The average molecular weight is 559 g/mol. The van der Waals surface area contributed by atoms with Gasteiger partial charge in [-0.15, -0.1) is 0 Å². The number of piperidine rings is 1. The summed E-state index contributed by atoms with van der Waals surface area (Å²) in [4.78, 5) is 44.0. The first-order valence-electron chi connectivity index (χ1n) is 14.8. The fourth-order valence-electron chi connectivity index (χ4n) is 5.74. The molecule has 2 saturated heterocycles. The highest BCUT2D eigenvalue weighted by Gasteiger charge is 2.33. The standard InChI is InChI=1S/C31H50N4O5/c1-22(2)35(31(38)26-9-8-23(3)29(17-26)40-15-7-14-39-6)21-28-19-32-18-27(28)20-33(5)30(37)16-25-10-12-34(13-11-25)24(4)36/h8-9,17,22,25,27-28,32H,7,10-16,18-21H2,1-6H3/t27-,28-/m0/s1. The van der Waals surface area contributed by atoms with Crippen molar-refractivity contribution >= 4 is 17.7 Å². The molecule has 2 aliphatic rings. The van der Waals surface area contributed by atoms with Gasteiger partial charge in [0.25, 0.3) is 5.91 Å². The summed E-state index contributed by atoms with van der Waals surface area (Å²) in [5.41, 5.74) is 1.63. The molecule has 0 aromatic heterocycles. The third-order valence-corrected chi connectivity index (χ3v) is 8.44. The van der Waals surface area contributed by atoms with E-state index in [1.54, 1.807) is 14.0 Å². The van der Waals surface area contributed by atoms with Crippen LogP contribution in [-0.2, 0) is 14.3 Å². The molecule has 2 aliphatic heterocycles. The minimum Gasteiger partial charge on any atom is -0.493 e. The van der Waals surface area contributed by atoms with Gasteiger partial charge in [0.2, 0.25) is 11.8 Å². The summed E-state index contributed by atoms with van der Waals surface area (Å²) in [5.74, 6) is 1.89. The fraction of sp³-hybridized carbons (Fsp3) is 0.710. The number of nitrogens with one attached hydrogen (secondary N) is 1. The summed E-state index contributed by atoms with van der Waals surface area (Å²) < 4.78 is 11.0. The van der Waals surface area contributed by atoms with Crippen LogP contribution in [0.1, 0.15) is 62.4 Å². The van der Waals surface area contributed by atoms with Crippen LogP contribution < -0.4 is 10.1 Å². The SMILES string of the molecule is COCCCOc1cc(C(=O)N(C[C@@H]2CNC[C@H]2CN(C)C(=O)CC2CCN(C(C)=O)CC2)C(C)C)ccc1C. The second-order valence-electron chi connectivity index (χ2n) is 11.8. The molecule has 9 nitrogen and oxygen atoms in total. The third kappa shape index (κ3) is 8.93. The normalized spacial score (nSPS) is 19.6. The van der Waals surface area contributed by atoms with Gasteiger partial charge >= 0.3 is 0 Å². The molecular weight excluding hydrogens is 508 g/mol. The monoisotopic (exact) mass is 558 g/mol. The van der Waals surface area contributed by atoms with Crippen molar-refractivity contribution in [2.75, 3.05) is 66.6 Å². The maximum absolute atomic E-state index is 13.7. The molecule has 0 spiro atoms. The van der Waals surface area contributed by atoms with Crippen LogP contribution in [0.15, 0.2) is 18.2 Å². The van der Waals surface area contributed by atoms with Crippen molar-refractivity contribution in [1.29, 1.82) is 0 Å².